The predicted molar refractivity (Wildman–Crippen MR) is 113 cm³/mol. The summed E-state index contributed by atoms with van der Waals surface area (Å²) in [5.41, 5.74) is 0. The number of alkyl halides is 1. The molecule has 7 heteroatoms. The zero-order valence-corrected chi connectivity index (χ0v) is 21.5. The van der Waals surface area contributed by atoms with Crippen molar-refractivity contribution >= 4 is 32.6 Å². The number of ether oxygens (including phenoxy) is 1. The van der Waals surface area contributed by atoms with E-state index < -0.39 is 22.9 Å². The third-order valence-electron chi connectivity index (χ3n) is 6.20. The van der Waals surface area contributed by atoms with Gasteiger partial charge in [0.05, 0.1) is 23.1 Å². The summed E-state index contributed by atoms with van der Waals surface area (Å²) in [5, 5.41) is 10.5. The van der Waals surface area contributed by atoms with Gasteiger partial charge in [-0.3, -0.25) is 0 Å². The Labute approximate surface area is 165 Å². The lowest BCUT2D eigenvalue weighted by Crippen LogP contribution is -2.63. The first kappa shape index (κ1) is 23.8. The minimum absolute atomic E-state index is 0.0910. The summed E-state index contributed by atoms with van der Waals surface area (Å²) >= 11 is 3.62. The Bertz CT molecular complexity index is 457. The standard InChI is InChI=1S/C18H39BrO4Si2/c1-12-14(22-24(8,9)17(2,3)4)15(13(19)16(20)21-12)23-25(10,11)18(5,6)7/h12-16,20H,1-11H3/t12-,13+,14-,15-,16+/m0/s1. The Kier molecular flexibility index (Phi) is 7.27. The number of aliphatic hydroxyl groups is 1. The molecule has 0 aromatic carbocycles. The van der Waals surface area contributed by atoms with Gasteiger partial charge in [-0.15, -0.1) is 0 Å². The highest BCUT2D eigenvalue weighted by atomic mass is 79.9. The molecule has 1 aliphatic rings. The van der Waals surface area contributed by atoms with Crippen molar-refractivity contribution in [1.29, 1.82) is 0 Å². The van der Waals surface area contributed by atoms with Gasteiger partial charge in [0.2, 0.25) is 0 Å². The first-order valence-electron chi connectivity index (χ1n) is 9.24. The monoisotopic (exact) mass is 454 g/mol. The van der Waals surface area contributed by atoms with Gasteiger partial charge in [0, 0.05) is 0 Å². The van der Waals surface area contributed by atoms with E-state index in [1.54, 1.807) is 0 Å². The average Bonchev–Trinajstić information content (AvgIpc) is 2.37. The number of aliphatic hydroxyl groups excluding tert-OH is 1. The topological polar surface area (TPSA) is 47.9 Å². The number of hydrogen-bond acceptors (Lipinski definition) is 4. The third-order valence-corrected chi connectivity index (χ3v) is 16.1. The molecule has 0 bridgehead atoms. The lowest BCUT2D eigenvalue weighted by atomic mass is 10.0. The van der Waals surface area contributed by atoms with Crippen LogP contribution in [0, 0.1) is 0 Å². The summed E-state index contributed by atoms with van der Waals surface area (Å²) in [6.45, 7) is 24.3. The molecule has 1 aliphatic heterocycles. The maximum atomic E-state index is 10.3. The second-order valence-electron chi connectivity index (χ2n) is 10.4. The molecule has 5 atom stereocenters. The molecule has 1 heterocycles. The zero-order valence-electron chi connectivity index (χ0n) is 17.9. The Morgan fingerprint density at radius 1 is 0.840 bits per heavy atom. The van der Waals surface area contributed by atoms with Crippen LogP contribution in [0.2, 0.25) is 36.3 Å². The molecule has 1 fully saturated rings. The van der Waals surface area contributed by atoms with Crippen LogP contribution in [0.1, 0.15) is 48.5 Å². The van der Waals surface area contributed by atoms with Crippen molar-refractivity contribution in [2.45, 2.75) is 114 Å². The van der Waals surface area contributed by atoms with E-state index in [0.29, 0.717) is 0 Å². The molecule has 0 saturated carbocycles. The molecule has 0 unspecified atom stereocenters. The molecule has 0 aliphatic carbocycles. The van der Waals surface area contributed by atoms with Crippen molar-refractivity contribution in [1.82, 2.24) is 0 Å². The molecule has 1 rings (SSSR count). The minimum atomic E-state index is -2.02. The van der Waals surface area contributed by atoms with Gasteiger partial charge < -0.3 is 18.7 Å². The Morgan fingerprint density at radius 2 is 1.20 bits per heavy atom. The van der Waals surface area contributed by atoms with Gasteiger partial charge in [0.25, 0.3) is 0 Å². The highest BCUT2D eigenvalue weighted by molar-refractivity contribution is 9.09. The van der Waals surface area contributed by atoms with Crippen LogP contribution in [-0.2, 0) is 13.6 Å². The number of hydrogen-bond donors (Lipinski definition) is 1. The van der Waals surface area contributed by atoms with Crippen molar-refractivity contribution in [3.63, 3.8) is 0 Å². The fourth-order valence-corrected chi connectivity index (χ4v) is 5.72. The second kappa shape index (κ2) is 7.64. The summed E-state index contributed by atoms with van der Waals surface area (Å²) < 4.78 is 19.2. The van der Waals surface area contributed by atoms with Crippen LogP contribution in [0.25, 0.3) is 0 Å². The van der Waals surface area contributed by atoms with Crippen molar-refractivity contribution in [2.24, 2.45) is 0 Å². The van der Waals surface area contributed by atoms with E-state index in [1.807, 2.05) is 6.92 Å². The first-order chi connectivity index (χ1) is 10.9. The maximum Gasteiger partial charge on any atom is 0.192 e. The molecule has 0 amide bonds. The van der Waals surface area contributed by atoms with Crippen LogP contribution in [0.5, 0.6) is 0 Å². The Balaban J connectivity index is 3.17. The summed E-state index contributed by atoms with van der Waals surface area (Å²) in [7, 11) is -4.01. The quantitative estimate of drug-likeness (QED) is 0.464. The molecule has 0 aromatic heterocycles. The van der Waals surface area contributed by atoms with Crippen molar-refractivity contribution in [2.75, 3.05) is 0 Å². The van der Waals surface area contributed by atoms with Crippen LogP contribution in [0.4, 0.5) is 0 Å². The molecule has 0 spiro atoms. The van der Waals surface area contributed by atoms with E-state index in [1.165, 1.54) is 0 Å². The van der Waals surface area contributed by atoms with Crippen LogP contribution in [-0.4, -0.2) is 51.2 Å². The lowest BCUT2D eigenvalue weighted by Gasteiger charge is -2.50. The van der Waals surface area contributed by atoms with Crippen LogP contribution >= 0.6 is 15.9 Å². The molecular weight excluding hydrogens is 416 g/mol. The van der Waals surface area contributed by atoms with Gasteiger partial charge in [-0.2, -0.15) is 0 Å². The summed E-state index contributed by atoms with van der Waals surface area (Å²) in [5.74, 6) is 0. The highest BCUT2D eigenvalue weighted by Crippen LogP contribution is 2.43. The van der Waals surface area contributed by atoms with E-state index in [-0.39, 0.29) is 33.2 Å². The summed E-state index contributed by atoms with van der Waals surface area (Å²) in [6, 6.07) is 0. The molecule has 1 saturated heterocycles. The van der Waals surface area contributed by atoms with Gasteiger partial charge >= 0.3 is 0 Å². The molecule has 4 nitrogen and oxygen atoms in total. The first-order valence-corrected chi connectivity index (χ1v) is 16.0. The molecular formula is C18H39BrO4Si2. The molecule has 0 radical (unpaired) electrons. The van der Waals surface area contributed by atoms with Crippen molar-refractivity contribution < 1.29 is 18.7 Å². The summed E-state index contributed by atoms with van der Waals surface area (Å²) in [4.78, 5) is -0.299. The zero-order chi connectivity index (χ0) is 20.0. The van der Waals surface area contributed by atoms with E-state index in [9.17, 15) is 5.11 Å². The normalized spacial score (nSPS) is 32.8. The van der Waals surface area contributed by atoms with Crippen molar-refractivity contribution in [3.8, 4) is 0 Å². The second-order valence-corrected chi connectivity index (χ2v) is 20.9. The largest absolute Gasteiger partial charge is 0.410 e. The van der Waals surface area contributed by atoms with Gasteiger partial charge in [0.15, 0.2) is 22.9 Å². The SMILES string of the molecule is C[C@@H]1O[C@@H](O)[C@H](Br)[C@H](O[Si](C)(C)C(C)(C)C)[C@H]1O[Si](C)(C)C(C)(C)C. The van der Waals surface area contributed by atoms with E-state index in [2.05, 4.69) is 83.7 Å². The Hall–Kier alpha value is 0.754. The molecule has 1 N–H and O–H groups in total. The Morgan fingerprint density at radius 3 is 1.56 bits per heavy atom. The van der Waals surface area contributed by atoms with Gasteiger partial charge in [-0.25, -0.2) is 0 Å². The van der Waals surface area contributed by atoms with Gasteiger partial charge in [-0.1, -0.05) is 57.5 Å². The van der Waals surface area contributed by atoms with Gasteiger partial charge in [-0.05, 0) is 43.2 Å². The maximum absolute atomic E-state index is 10.3. The van der Waals surface area contributed by atoms with Gasteiger partial charge in [0.1, 0.15) is 0 Å². The molecule has 25 heavy (non-hydrogen) atoms. The summed E-state index contributed by atoms with van der Waals surface area (Å²) in [6.07, 6.45) is -1.52. The minimum Gasteiger partial charge on any atom is -0.410 e. The molecule has 0 aromatic rings. The van der Waals surface area contributed by atoms with Crippen LogP contribution in [0.15, 0.2) is 0 Å². The number of rotatable bonds is 4. The van der Waals surface area contributed by atoms with E-state index in [4.69, 9.17) is 13.6 Å². The number of halogens is 1. The highest BCUT2D eigenvalue weighted by Gasteiger charge is 2.51. The van der Waals surface area contributed by atoms with Crippen LogP contribution < -0.4 is 0 Å². The fraction of sp³-hybridized carbons (Fsp3) is 1.00. The predicted octanol–water partition coefficient (Wildman–Crippen LogP) is 5.27. The third kappa shape index (κ3) is 5.39. The van der Waals surface area contributed by atoms with Crippen molar-refractivity contribution in [3.05, 3.63) is 0 Å². The smallest absolute Gasteiger partial charge is 0.192 e. The fourth-order valence-electron chi connectivity index (χ4n) is 2.31. The van der Waals surface area contributed by atoms with E-state index >= 15 is 0 Å². The average molecular weight is 456 g/mol. The van der Waals surface area contributed by atoms with Crippen LogP contribution in [0.3, 0.4) is 0 Å². The van der Waals surface area contributed by atoms with E-state index in [0.717, 1.165) is 0 Å². The lowest BCUT2D eigenvalue weighted by molar-refractivity contribution is -0.214. The molecule has 150 valence electrons.